The van der Waals surface area contributed by atoms with Gasteiger partial charge in [-0.25, -0.2) is 0 Å². The number of nitrogens with one attached hydrogen (secondary N) is 1. The van der Waals surface area contributed by atoms with Gasteiger partial charge in [-0.3, -0.25) is 9.78 Å². The fourth-order valence-corrected chi connectivity index (χ4v) is 3.57. The van der Waals surface area contributed by atoms with E-state index in [2.05, 4.69) is 15.2 Å². The summed E-state index contributed by atoms with van der Waals surface area (Å²) in [5, 5.41) is 2.94. The molecule has 1 fully saturated rings. The number of carbonyl (C=O) groups excluding carboxylic acids is 1. The van der Waals surface area contributed by atoms with E-state index >= 15 is 0 Å². The molecule has 1 amide bonds. The van der Waals surface area contributed by atoms with Crippen LogP contribution in [0.2, 0.25) is 0 Å². The zero-order valence-electron chi connectivity index (χ0n) is 17.6. The molecule has 1 aliphatic heterocycles. The molecule has 0 saturated carbocycles. The molecule has 0 atom stereocenters. The molecular formula is C24H25N3O4. The van der Waals surface area contributed by atoms with Crippen LogP contribution in [0.4, 0.5) is 11.4 Å². The molecule has 1 aromatic heterocycles. The number of anilines is 2. The predicted octanol–water partition coefficient (Wildman–Crippen LogP) is 3.85. The third kappa shape index (κ3) is 4.62. The Kier molecular flexibility index (Phi) is 6.33. The number of methoxy groups -OCH3 is 2. The number of morpholine rings is 1. The SMILES string of the molecule is COc1cc(C(=O)Nc2ccc(N3CCOCC3)cc2)ccc1-c1ncccc1OC. The van der Waals surface area contributed by atoms with Crippen LogP contribution in [-0.2, 0) is 4.74 Å². The van der Waals surface area contributed by atoms with Crippen molar-refractivity contribution in [3.63, 3.8) is 0 Å². The van der Waals surface area contributed by atoms with E-state index in [4.69, 9.17) is 14.2 Å². The molecule has 0 unspecified atom stereocenters. The molecule has 4 rings (SSSR count). The third-order valence-corrected chi connectivity index (χ3v) is 5.21. The molecule has 7 heteroatoms. The molecule has 1 aliphatic rings. The Bertz CT molecular complexity index is 1050. The molecule has 0 spiro atoms. The van der Waals surface area contributed by atoms with Gasteiger partial charge in [-0.1, -0.05) is 0 Å². The highest BCUT2D eigenvalue weighted by Crippen LogP contribution is 2.35. The number of rotatable bonds is 6. The van der Waals surface area contributed by atoms with Crippen LogP contribution in [0.15, 0.2) is 60.8 Å². The minimum atomic E-state index is -0.211. The minimum absolute atomic E-state index is 0.211. The summed E-state index contributed by atoms with van der Waals surface area (Å²) in [6, 6.07) is 16.8. The molecule has 2 aromatic carbocycles. The largest absolute Gasteiger partial charge is 0.496 e. The smallest absolute Gasteiger partial charge is 0.255 e. The Balaban J connectivity index is 1.51. The van der Waals surface area contributed by atoms with Crippen molar-refractivity contribution in [2.24, 2.45) is 0 Å². The highest BCUT2D eigenvalue weighted by atomic mass is 16.5. The standard InChI is InChI=1S/C24H25N3O4/c1-29-21-4-3-11-25-23(21)20-10-5-17(16-22(20)30-2)24(28)26-18-6-8-19(9-7-18)27-12-14-31-15-13-27/h3-11,16H,12-15H2,1-2H3,(H,26,28). The first-order valence-electron chi connectivity index (χ1n) is 10.1. The van der Waals surface area contributed by atoms with E-state index in [1.54, 1.807) is 38.6 Å². The number of amides is 1. The Morgan fingerprint density at radius 1 is 1.00 bits per heavy atom. The van der Waals surface area contributed by atoms with Crippen molar-refractivity contribution in [1.29, 1.82) is 0 Å². The molecule has 3 aromatic rings. The van der Waals surface area contributed by atoms with Crippen LogP contribution in [0.1, 0.15) is 10.4 Å². The quantitative estimate of drug-likeness (QED) is 0.654. The van der Waals surface area contributed by atoms with E-state index < -0.39 is 0 Å². The maximum atomic E-state index is 12.8. The van der Waals surface area contributed by atoms with Gasteiger partial charge in [-0.05, 0) is 54.6 Å². The van der Waals surface area contributed by atoms with E-state index in [0.29, 0.717) is 22.8 Å². The van der Waals surface area contributed by atoms with Gasteiger partial charge in [0.15, 0.2) is 0 Å². The Morgan fingerprint density at radius 3 is 2.45 bits per heavy atom. The lowest BCUT2D eigenvalue weighted by atomic mass is 10.1. The van der Waals surface area contributed by atoms with E-state index in [1.807, 2.05) is 36.4 Å². The number of benzene rings is 2. The van der Waals surface area contributed by atoms with Crippen LogP contribution in [0.25, 0.3) is 11.3 Å². The Labute approximate surface area is 181 Å². The Hall–Kier alpha value is -3.58. The first kappa shape index (κ1) is 20.7. The highest BCUT2D eigenvalue weighted by molar-refractivity contribution is 6.05. The van der Waals surface area contributed by atoms with Crippen LogP contribution < -0.4 is 19.7 Å². The molecule has 7 nitrogen and oxygen atoms in total. The molecule has 31 heavy (non-hydrogen) atoms. The second-order valence-electron chi connectivity index (χ2n) is 7.07. The lowest BCUT2D eigenvalue weighted by Crippen LogP contribution is -2.36. The predicted molar refractivity (Wildman–Crippen MR) is 120 cm³/mol. The maximum Gasteiger partial charge on any atom is 0.255 e. The maximum absolute atomic E-state index is 12.8. The number of nitrogens with zero attached hydrogens (tertiary/aromatic N) is 2. The third-order valence-electron chi connectivity index (χ3n) is 5.21. The Morgan fingerprint density at radius 2 is 1.74 bits per heavy atom. The molecule has 160 valence electrons. The van der Waals surface area contributed by atoms with Crippen molar-refractivity contribution >= 4 is 17.3 Å². The summed E-state index contributed by atoms with van der Waals surface area (Å²) in [4.78, 5) is 19.5. The van der Waals surface area contributed by atoms with Gasteiger partial charge in [-0.15, -0.1) is 0 Å². The fourth-order valence-electron chi connectivity index (χ4n) is 3.57. The van der Waals surface area contributed by atoms with Gasteiger partial charge in [0.1, 0.15) is 17.2 Å². The first-order valence-corrected chi connectivity index (χ1v) is 10.1. The van der Waals surface area contributed by atoms with Gasteiger partial charge in [0.25, 0.3) is 5.91 Å². The molecule has 0 bridgehead atoms. The summed E-state index contributed by atoms with van der Waals surface area (Å²) < 4.78 is 16.3. The summed E-state index contributed by atoms with van der Waals surface area (Å²) in [5.41, 5.74) is 3.76. The lowest BCUT2D eigenvalue weighted by molar-refractivity contribution is 0.102. The topological polar surface area (TPSA) is 72.9 Å². The van der Waals surface area contributed by atoms with E-state index in [9.17, 15) is 4.79 Å². The van der Waals surface area contributed by atoms with Crippen molar-refractivity contribution in [3.05, 3.63) is 66.4 Å². The highest BCUT2D eigenvalue weighted by Gasteiger charge is 2.16. The van der Waals surface area contributed by atoms with Crippen LogP contribution in [0.5, 0.6) is 11.5 Å². The van der Waals surface area contributed by atoms with Gasteiger partial charge in [0.2, 0.25) is 0 Å². The van der Waals surface area contributed by atoms with Gasteiger partial charge in [0, 0.05) is 41.8 Å². The van der Waals surface area contributed by atoms with Crippen molar-refractivity contribution < 1.29 is 19.0 Å². The average molecular weight is 419 g/mol. The number of aromatic nitrogens is 1. The van der Waals surface area contributed by atoms with Crippen LogP contribution >= 0.6 is 0 Å². The average Bonchev–Trinajstić information content (AvgIpc) is 2.84. The summed E-state index contributed by atoms with van der Waals surface area (Å²) in [5.74, 6) is 0.975. The van der Waals surface area contributed by atoms with E-state index in [-0.39, 0.29) is 5.91 Å². The summed E-state index contributed by atoms with van der Waals surface area (Å²) >= 11 is 0. The normalized spacial score (nSPS) is 13.5. The van der Waals surface area contributed by atoms with E-state index in [1.165, 1.54) is 0 Å². The zero-order valence-corrected chi connectivity index (χ0v) is 17.6. The van der Waals surface area contributed by atoms with Crippen LogP contribution in [0.3, 0.4) is 0 Å². The van der Waals surface area contributed by atoms with Crippen LogP contribution in [0, 0.1) is 0 Å². The first-order chi connectivity index (χ1) is 15.2. The molecular weight excluding hydrogens is 394 g/mol. The molecule has 1 saturated heterocycles. The van der Waals surface area contributed by atoms with Gasteiger partial charge in [-0.2, -0.15) is 0 Å². The lowest BCUT2D eigenvalue weighted by Gasteiger charge is -2.28. The summed E-state index contributed by atoms with van der Waals surface area (Å²) in [7, 11) is 3.17. The molecule has 1 N–H and O–H groups in total. The molecule has 0 aliphatic carbocycles. The summed E-state index contributed by atoms with van der Waals surface area (Å²) in [6.07, 6.45) is 1.69. The van der Waals surface area contributed by atoms with Crippen molar-refractivity contribution in [1.82, 2.24) is 4.98 Å². The van der Waals surface area contributed by atoms with Crippen molar-refractivity contribution in [2.75, 3.05) is 50.7 Å². The number of hydrogen-bond acceptors (Lipinski definition) is 6. The number of hydrogen-bond donors (Lipinski definition) is 1. The number of ether oxygens (including phenoxy) is 3. The van der Waals surface area contributed by atoms with Crippen molar-refractivity contribution in [2.45, 2.75) is 0 Å². The number of pyridine rings is 1. The van der Waals surface area contributed by atoms with Gasteiger partial charge in [0.05, 0.1) is 27.4 Å². The van der Waals surface area contributed by atoms with Gasteiger partial charge < -0.3 is 24.4 Å². The second kappa shape index (κ2) is 9.49. The summed E-state index contributed by atoms with van der Waals surface area (Å²) in [6.45, 7) is 3.22. The monoisotopic (exact) mass is 419 g/mol. The van der Waals surface area contributed by atoms with Crippen LogP contribution in [-0.4, -0.2) is 51.4 Å². The minimum Gasteiger partial charge on any atom is -0.496 e. The van der Waals surface area contributed by atoms with Gasteiger partial charge >= 0.3 is 0 Å². The second-order valence-corrected chi connectivity index (χ2v) is 7.07. The van der Waals surface area contributed by atoms with E-state index in [0.717, 1.165) is 43.2 Å². The van der Waals surface area contributed by atoms with Crippen molar-refractivity contribution in [3.8, 4) is 22.8 Å². The molecule has 2 heterocycles. The fraction of sp³-hybridized carbons (Fsp3) is 0.250. The zero-order chi connectivity index (χ0) is 21.6. The molecule has 0 radical (unpaired) electrons. The number of carbonyl (C=O) groups is 1.